The van der Waals surface area contributed by atoms with Crippen LogP contribution in [-0.4, -0.2) is 30.0 Å². The number of hydrogen-bond donors (Lipinski definition) is 3. The van der Waals surface area contributed by atoms with Crippen LogP contribution in [0.2, 0.25) is 5.02 Å². The zero-order valence-corrected chi connectivity index (χ0v) is 13.0. The van der Waals surface area contributed by atoms with Crippen LogP contribution in [0.25, 0.3) is 0 Å². The van der Waals surface area contributed by atoms with E-state index >= 15 is 0 Å². The quantitative estimate of drug-likeness (QED) is 0.705. The van der Waals surface area contributed by atoms with Gasteiger partial charge in [0.05, 0.1) is 10.6 Å². The number of pyridine rings is 1. The predicted octanol–water partition coefficient (Wildman–Crippen LogP) is 2.41. The van der Waals surface area contributed by atoms with E-state index in [2.05, 4.69) is 15.6 Å². The molecule has 2 rings (SSSR count). The van der Waals surface area contributed by atoms with E-state index in [0.29, 0.717) is 18.7 Å². The van der Waals surface area contributed by atoms with Gasteiger partial charge in [-0.3, -0.25) is 4.79 Å². The number of hydrogen-bond acceptors (Lipinski definition) is 4. The van der Waals surface area contributed by atoms with Crippen LogP contribution in [0.4, 0.5) is 19.0 Å². The highest BCUT2D eigenvalue weighted by Crippen LogP contribution is 2.32. The Labute approximate surface area is 136 Å². The van der Waals surface area contributed by atoms with Gasteiger partial charge in [-0.1, -0.05) is 11.6 Å². The molecule has 0 saturated heterocycles. The predicted molar refractivity (Wildman–Crippen MR) is 81.1 cm³/mol. The molecule has 0 spiro atoms. The van der Waals surface area contributed by atoms with Crippen molar-refractivity contribution in [1.82, 2.24) is 10.3 Å². The molecule has 1 saturated carbocycles. The Balaban J connectivity index is 1.74. The molecule has 9 heteroatoms. The highest BCUT2D eigenvalue weighted by Gasteiger charge is 2.31. The minimum Gasteiger partial charge on any atom is -0.368 e. The molecular weight excluding hydrogens is 333 g/mol. The molecule has 1 aliphatic rings. The molecule has 0 bridgehead atoms. The van der Waals surface area contributed by atoms with E-state index in [1.54, 1.807) is 0 Å². The molecule has 1 aromatic heterocycles. The number of carbonyl (C=O) groups excluding carboxylic acids is 1. The molecule has 0 aliphatic heterocycles. The van der Waals surface area contributed by atoms with E-state index in [1.165, 1.54) is 0 Å². The fourth-order valence-corrected chi connectivity index (χ4v) is 2.26. The summed E-state index contributed by atoms with van der Waals surface area (Å²) in [5, 5.41) is 5.33. The first-order valence-electron chi connectivity index (χ1n) is 7.26. The number of rotatable bonds is 7. The maximum Gasteiger partial charge on any atom is 0.417 e. The average molecular weight is 351 g/mol. The summed E-state index contributed by atoms with van der Waals surface area (Å²) in [7, 11) is 0. The van der Waals surface area contributed by atoms with Gasteiger partial charge in [-0.05, 0) is 24.8 Å². The SMILES string of the molecule is NC(CNC(=O)CCNc1ncc(C(F)(F)F)cc1Cl)C1CC1. The van der Waals surface area contributed by atoms with Crippen molar-refractivity contribution in [2.75, 3.05) is 18.4 Å². The Morgan fingerprint density at radius 3 is 2.74 bits per heavy atom. The molecule has 128 valence electrons. The first-order valence-corrected chi connectivity index (χ1v) is 7.64. The number of nitrogens with zero attached hydrogens (tertiary/aromatic N) is 1. The van der Waals surface area contributed by atoms with Gasteiger partial charge in [0.25, 0.3) is 0 Å². The summed E-state index contributed by atoms with van der Waals surface area (Å²) in [6, 6.07) is 0.781. The van der Waals surface area contributed by atoms with Gasteiger partial charge in [0.2, 0.25) is 5.91 Å². The summed E-state index contributed by atoms with van der Waals surface area (Å²) in [6.45, 7) is 0.644. The van der Waals surface area contributed by atoms with Crippen molar-refractivity contribution in [2.45, 2.75) is 31.5 Å². The monoisotopic (exact) mass is 350 g/mol. The van der Waals surface area contributed by atoms with E-state index in [1.807, 2.05) is 0 Å². The Hall–Kier alpha value is -1.54. The summed E-state index contributed by atoms with van der Waals surface area (Å²) < 4.78 is 37.5. The van der Waals surface area contributed by atoms with Crippen molar-refractivity contribution in [3.8, 4) is 0 Å². The van der Waals surface area contributed by atoms with Gasteiger partial charge < -0.3 is 16.4 Å². The van der Waals surface area contributed by atoms with E-state index in [4.69, 9.17) is 17.3 Å². The highest BCUT2D eigenvalue weighted by atomic mass is 35.5. The van der Waals surface area contributed by atoms with Gasteiger partial charge in [-0.15, -0.1) is 0 Å². The molecule has 1 unspecified atom stereocenters. The Morgan fingerprint density at radius 2 is 2.17 bits per heavy atom. The van der Waals surface area contributed by atoms with E-state index in [0.717, 1.165) is 18.9 Å². The molecule has 1 fully saturated rings. The first-order chi connectivity index (χ1) is 10.8. The van der Waals surface area contributed by atoms with Crippen molar-refractivity contribution >= 4 is 23.3 Å². The number of carbonyl (C=O) groups is 1. The molecular formula is C14H18ClF3N4O. The molecule has 1 aromatic rings. The van der Waals surface area contributed by atoms with Crippen LogP contribution in [0.5, 0.6) is 0 Å². The van der Waals surface area contributed by atoms with Gasteiger partial charge >= 0.3 is 6.18 Å². The summed E-state index contributed by atoms with van der Waals surface area (Å²) >= 11 is 5.75. The van der Waals surface area contributed by atoms with Crippen molar-refractivity contribution < 1.29 is 18.0 Å². The Morgan fingerprint density at radius 1 is 1.48 bits per heavy atom. The lowest BCUT2D eigenvalue weighted by Crippen LogP contribution is -2.39. The molecule has 0 aromatic carbocycles. The van der Waals surface area contributed by atoms with E-state index in [9.17, 15) is 18.0 Å². The van der Waals surface area contributed by atoms with Gasteiger partial charge in [0.15, 0.2) is 0 Å². The molecule has 5 nitrogen and oxygen atoms in total. The second kappa shape index (κ2) is 7.35. The van der Waals surface area contributed by atoms with Gasteiger partial charge in [-0.25, -0.2) is 4.98 Å². The van der Waals surface area contributed by atoms with Gasteiger partial charge in [0, 0.05) is 31.7 Å². The van der Waals surface area contributed by atoms with Crippen molar-refractivity contribution in [3.63, 3.8) is 0 Å². The standard InChI is InChI=1S/C14H18ClF3N4O/c15-10-5-9(14(16,17)18)6-22-13(10)20-4-3-12(23)21-7-11(19)8-1-2-8/h5-6,8,11H,1-4,7,19H2,(H,20,22)(H,21,23). The van der Waals surface area contributed by atoms with Crippen molar-refractivity contribution in [3.05, 3.63) is 22.8 Å². The van der Waals surface area contributed by atoms with E-state index < -0.39 is 11.7 Å². The minimum absolute atomic E-state index is 0.0158. The number of anilines is 1. The van der Waals surface area contributed by atoms with Crippen LogP contribution in [0.1, 0.15) is 24.8 Å². The fourth-order valence-electron chi connectivity index (χ4n) is 2.03. The first kappa shape index (κ1) is 17.8. The van der Waals surface area contributed by atoms with Gasteiger partial charge in [0.1, 0.15) is 5.82 Å². The molecule has 1 aliphatic carbocycles. The topological polar surface area (TPSA) is 80.0 Å². The molecule has 4 N–H and O–H groups in total. The van der Waals surface area contributed by atoms with Crippen LogP contribution in [0.3, 0.4) is 0 Å². The summed E-state index contributed by atoms with van der Waals surface area (Å²) in [4.78, 5) is 15.3. The number of nitrogens with one attached hydrogen (secondary N) is 2. The lowest BCUT2D eigenvalue weighted by Gasteiger charge is -2.12. The van der Waals surface area contributed by atoms with Crippen LogP contribution >= 0.6 is 11.6 Å². The maximum atomic E-state index is 12.5. The molecule has 0 radical (unpaired) electrons. The van der Waals surface area contributed by atoms with Crippen LogP contribution in [0, 0.1) is 5.92 Å². The van der Waals surface area contributed by atoms with Gasteiger partial charge in [-0.2, -0.15) is 13.2 Å². The van der Waals surface area contributed by atoms with Crippen LogP contribution < -0.4 is 16.4 Å². The average Bonchev–Trinajstić information content (AvgIpc) is 3.30. The summed E-state index contributed by atoms with van der Waals surface area (Å²) in [5.41, 5.74) is 4.95. The second-order valence-corrected chi connectivity index (χ2v) is 5.94. The number of aromatic nitrogens is 1. The van der Waals surface area contributed by atoms with Crippen LogP contribution in [-0.2, 0) is 11.0 Å². The molecule has 1 heterocycles. The maximum absolute atomic E-state index is 12.5. The number of nitrogens with two attached hydrogens (primary N) is 1. The summed E-state index contributed by atoms with van der Waals surface area (Å²) in [5.74, 6) is 0.433. The van der Waals surface area contributed by atoms with E-state index in [-0.39, 0.29) is 35.8 Å². The molecule has 1 atom stereocenters. The second-order valence-electron chi connectivity index (χ2n) is 5.53. The third-order valence-electron chi connectivity index (χ3n) is 3.58. The van der Waals surface area contributed by atoms with Crippen molar-refractivity contribution in [1.29, 1.82) is 0 Å². The number of halogens is 4. The Kier molecular flexibility index (Phi) is 5.69. The third kappa shape index (κ3) is 5.54. The molecule has 1 amide bonds. The highest BCUT2D eigenvalue weighted by molar-refractivity contribution is 6.32. The van der Waals surface area contributed by atoms with Crippen molar-refractivity contribution in [2.24, 2.45) is 11.7 Å². The largest absolute Gasteiger partial charge is 0.417 e. The third-order valence-corrected chi connectivity index (χ3v) is 3.86. The minimum atomic E-state index is -4.49. The lowest BCUT2D eigenvalue weighted by molar-refractivity contribution is -0.137. The Bertz CT molecular complexity index is 563. The smallest absolute Gasteiger partial charge is 0.368 e. The zero-order valence-electron chi connectivity index (χ0n) is 12.3. The lowest BCUT2D eigenvalue weighted by atomic mass is 10.2. The summed E-state index contributed by atoms with van der Waals surface area (Å²) in [6.07, 6.45) is -1.43. The molecule has 23 heavy (non-hydrogen) atoms. The van der Waals surface area contributed by atoms with Crippen LogP contribution in [0.15, 0.2) is 12.3 Å². The number of amides is 1. The fraction of sp³-hybridized carbons (Fsp3) is 0.571. The normalized spacial score (nSPS) is 16.0. The zero-order chi connectivity index (χ0) is 17.0. The number of alkyl halides is 3.